The summed E-state index contributed by atoms with van der Waals surface area (Å²) in [4.78, 5) is 18.5. The van der Waals surface area contributed by atoms with Crippen LogP contribution in [0.25, 0.3) is 5.69 Å². The second-order valence-corrected chi connectivity index (χ2v) is 9.07. The number of hydrogen-bond acceptors (Lipinski definition) is 5. The molecule has 36 heavy (non-hydrogen) atoms. The smallest absolute Gasteiger partial charge is 0.337 e. The Bertz CT molecular complexity index is 1430. The molecule has 0 aliphatic carbocycles. The second-order valence-electron chi connectivity index (χ2n) is 8.69. The van der Waals surface area contributed by atoms with Crippen LogP contribution in [0.2, 0.25) is 0 Å². The first-order chi connectivity index (χ1) is 17.4. The van der Waals surface area contributed by atoms with E-state index in [0.717, 1.165) is 28.3 Å². The number of phenolic OH excluding ortho intramolecular Hbond substituents is 1. The molecule has 182 valence electrons. The van der Waals surface area contributed by atoms with E-state index in [9.17, 15) is 9.90 Å². The van der Waals surface area contributed by atoms with Crippen LogP contribution in [0, 0.1) is 13.8 Å². The zero-order chi connectivity index (χ0) is 25.4. The summed E-state index contributed by atoms with van der Waals surface area (Å²) in [5, 5.41) is 14.7. The number of anilines is 1. The summed E-state index contributed by atoms with van der Waals surface area (Å²) < 4.78 is 6.98. The minimum atomic E-state index is -0.370. The molecule has 3 heterocycles. The van der Waals surface area contributed by atoms with Gasteiger partial charge in [-0.15, -0.1) is 0 Å². The summed E-state index contributed by atoms with van der Waals surface area (Å²) in [7, 11) is 1.37. The lowest BCUT2D eigenvalue weighted by molar-refractivity contribution is 0.0600. The maximum Gasteiger partial charge on any atom is 0.337 e. The Kier molecular flexibility index (Phi) is 6.20. The van der Waals surface area contributed by atoms with Gasteiger partial charge in [0.1, 0.15) is 5.75 Å². The summed E-state index contributed by atoms with van der Waals surface area (Å²) in [6, 6.07) is 22.0. The quantitative estimate of drug-likeness (QED) is 0.291. The van der Waals surface area contributed by atoms with E-state index in [0.29, 0.717) is 16.4 Å². The van der Waals surface area contributed by atoms with Crippen molar-refractivity contribution in [3.05, 3.63) is 107 Å². The molecule has 1 fully saturated rings. The zero-order valence-corrected chi connectivity index (χ0v) is 21.0. The van der Waals surface area contributed by atoms with E-state index in [4.69, 9.17) is 17.0 Å². The van der Waals surface area contributed by atoms with Crippen molar-refractivity contribution in [3.63, 3.8) is 0 Å². The summed E-state index contributed by atoms with van der Waals surface area (Å²) in [6.45, 7) is 4.11. The lowest BCUT2D eigenvalue weighted by atomic mass is 9.96. The van der Waals surface area contributed by atoms with E-state index in [1.807, 2.05) is 54.3 Å². The number of hydrogen-bond donors (Lipinski definition) is 2. The minimum absolute atomic E-state index is 0.153. The van der Waals surface area contributed by atoms with Crippen LogP contribution in [-0.2, 0) is 4.74 Å². The Balaban J connectivity index is 1.64. The van der Waals surface area contributed by atoms with Crippen molar-refractivity contribution in [1.82, 2.24) is 14.9 Å². The van der Waals surface area contributed by atoms with Crippen LogP contribution in [0.4, 0.5) is 5.69 Å². The molecule has 2 aromatic heterocycles. The first kappa shape index (κ1) is 23.6. The average molecular weight is 499 g/mol. The second kappa shape index (κ2) is 9.47. The van der Waals surface area contributed by atoms with Crippen molar-refractivity contribution >= 4 is 29.0 Å². The number of benzene rings is 2. The molecule has 2 atom stereocenters. The van der Waals surface area contributed by atoms with Gasteiger partial charge in [0.25, 0.3) is 0 Å². The predicted octanol–water partition coefficient (Wildman–Crippen LogP) is 5.16. The van der Waals surface area contributed by atoms with Crippen LogP contribution in [0.3, 0.4) is 0 Å². The fourth-order valence-electron chi connectivity index (χ4n) is 4.95. The van der Waals surface area contributed by atoms with Crippen LogP contribution in [0.15, 0.2) is 79.0 Å². The number of aryl methyl sites for hydroxylation is 1. The molecule has 0 saturated carbocycles. The molecule has 2 N–H and O–H groups in total. The van der Waals surface area contributed by atoms with Gasteiger partial charge >= 0.3 is 5.97 Å². The molecular formula is C28H26N4O3S. The Morgan fingerprint density at radius 1 is 1.06 bits per heavy atom. The molecule has 0 radical (unpaired) electrons. The Hall–Kier alpha value is -4.17. The number of nitrogens with one attached hydrogen (secondary N) is 1. The molecule has 7 nitrogen and oxygen atoms in total. The SMILES string of the molecule is COC(=O)c1ccc(-n2c(C)cc(C3C(c4ccccn4)NC(=S)N3c3ccccc3O)c2C)cc1. The van der Waals surface area contributed by atoms with Crippen LogP contribution in [0.5, 0.6) is 5.75 Å². The number of nitrogens with zero attached hydrogens (tertiary/aromatic N) is 3. The van der Waals surface area contributed by atoms with Gasteiger partial charge in [0.15, 0.2) is 5.11 Å². The van der Waals surface area contributed by atoms with E-state index >= 15 is 0 Å². The number of aromatic hydroxyl groups is 1. The number of thiocarbonyl (C=S) groups is 1. The maximum atomic E-state index is 11.9. The molecule has 4 aromatic rings. The molecule has 8 heteroatoms. The topological polar surface area (TPSA) is 79.6 Å². The number of rotatable bonds is 5. The van der Waals surface area contributed by atoms with E-state index in [-0.39, 0.29) is 23.8 Å². The summed E-state index contributed by atoms with van der Waals surface area (Å²) in [6.07, 6.45) is 1.77. The molecule has 1 aliphatic heterocycles. The molecule has 1 aliphatic rings. The summed E-state index contributed by atoms with van der Waals surface area (Å²) >= 11 is 5.79. The molecule has 0 bridgehead atoms. The Labute approximate surface area is 215 Å². The van der Waals surface area contributed by atoms with Gasteiger partial charge in [0.2, 0.25) is 0 Å². The first-order valence-electron chi connectivity index (χ1n) is 11.6. The van der Waals surface area contributed by atoms with Crippen molar-refractivity contribution in [2.75, 3.05) is 12.0 Å². The van der Waals surface area contributed by atoms with Gasteiger partial charge < -0.3 is 24.6 Å². The third-order valence-corrected chi connectivity index (χ3v) is 6.89. The lowest BCUT2D eigenvalue weighted by Gasteiger charge is -2.28. The fraction of sp³-hybridized carbons (Fsp3) is 0.179. The zero-order valence-electron chi connectivity index (χ0n) is 20.2. The van der Waals surface area contributed by atoms with E-state index in [1.165, 1.54) is 7.11 Å². The first-order valence-corrected chi connectivity index (χ1v) is 12.0. The van der Waals surface area contributed by atoms with Crippen LogP contribution < -0.4 is 10.2 Å². The number of methoxy groups -OCH3 is 1. The Morgan fingerprint density at radius 2 is 1.78 bits per heavy atom. The Morgan fingerprint density at radius 3 is 2.44 bits per heavy atom. The average Bonchev–Trinajstić information content (AvgIpc) is 3.39. The summed E-state index contributed by atoms with van der Waals surface area (Å²) in [5.74, 6) is -0.217. The molecular weight excluding hydrogens is 472 g/mol. The van der Waals surface area contributed by atoms with Crippen molar-refractivity contribution in [3.8, 4) is 11.4 Å². The van der Waals surface area contributed by atoms with Gasteiger partial charge in [-0.05, 0) is 86.2 Å². The normalized spacial score (nSPS) is 17.2. The van der Waals surface area contributed by atoms with Gasteiger partial charge in [-0.2, -0.15) is 0 Å². The van der Waals surface area contributed by atoms with E-state index in [1.54, 1.807) is 30.5 Å². The van der Waals surface area contributed by atoms with Gasteiger partial charge in [0, 0.05) is 23.3 Å². The highest BCUT2D eigenvalue weighted by Crippen LogP contribution is 2.45. The number of phenols is 1. The van der Waals surface area contributed by atoms with Crippen molar-refractivity contribution in [1.29, 1.82) is 0 Å². The molecule has 0 amide bonds. The third kappa shape index (κ3) is 3.99. The highest BCUT2D eigenvalue weighted by atomic mass is 32.1. The molecule has 2 unspecified atom stereocenters. The van der Waals surface area contributed by atoms with Crippen LogP contribution >= 0.6 is 12.2 Å². The van der Waals surface area contributed by atoms with Gasteiger partial charge in [0.05, 0.1) is 36.1 Å². The van der Waals surface area contributed by atoms with Crippen molar-refractivity contribution in [2.45, 2.75) is 25.9 Å². The lowest BCUT2D eigenvalue weighted by Crippen LogP contribution is -2.29. The van der Waals surface area contributed by atoms with Crippen LogP contribution in [0.1, 0.15) is 45.1 Å². The number of carbonyl (C=O) groups is 1. The van der Waals surface area contributed by atoms with Crippen molar-refractivity contribution < 1.29 is 14.6 Å². The largest absolute Gasteiger partial charge is 0.506 e. The standard InChI is InChI=1S/C28H26N4O3S/c1-17-16-21(18(2)31(17)20-13-11-19(12-14-20)27(34)35-3)26-25(22-8-6-7-15-29-22)30-28(36)32(26)23-9-4-5-10-24(23)33/h4-16,25-26,33H,1-3H3,(H,30,36). The third-order valence-electron chi connectivity index (χ3n) is 6.57. The monoisotopic (exact) mass is 498 g/mol. The number of pyridine rings is 1. The van der Waals surface area contributed by atoms with Crippen molar-refractivity contribution in [2.24, 2.45) is 0 Å². The molecule has 2 aromatic carbocycles. The highest BCUT2D eigenvalue weighted by Gasteiger charge is 2.43. The van der Waals surface area contributed by atoms with E-state index < -0.39 is 0 Å². The predicted molar refractivity (Wildman–Crippen MR) is 143 cm³/mol. The molecule has 1 saturated heterocycles. The fourth-order valence-corrected chi connectivity index (χ4v) is 5.29. The van der Waals surface area contributed by atoms with E-state index in [2.05, 4.69) is 27.9 Å². The number of esters is 1. The van der Waals surface area contributed by atoms with Crippen LogP contribution in [-0.4, -0.2) is 32.8 Å². The molecule has 0 spiro atoms. The number of carbonyl (C=O) groups excluding carboxylic acids is 1. The molecule has 5 rings (SSSR count). The van der Waals surface area contributed by atoms with Gasteiger partial charge in [-0.1, -0.05) is 18.2 Å². The van der Waals surface area contributed by atoms with Gasteiger partial charge in [-0.25, -0.2) is 4.79 Å². The van der Waals surface area contributed by atoms with Gasteiger partial charge in [-0.3, -0.25) is 4.98 Å². The number of para-hydroxylation sites is 2. The summed E-state index contributed by atoms with van der Waals surface area (Å²) in [5.41, 5.74) is 6.02. The highest BCUT2D eigenvalue weighted by molar-refractivity contribution is 7.80. The maximum absolute atomic E-state index is 11.9. The number of ether oxygens (including phenoxy) is 1. The number of aromatic nitrogens is 2. The minimum Gasteiger partial charge on any atom is -0.506 e.